The first-order chi connectivity index (χ1) is 16.8. The number of carboxylic acids is 1. The van der Waals surface area contributed by atoms with Crippen LogP contribution in [0.25, 0.3) is 0 Å². The predicted molar refractivity (Wildman–Crippen MR) is 128 cm³/mol. The lowest BCUT2D eigenvalue weighted by molar-refractivity contribution is -0.202. The molecule has 2 heterocycles. The number of ether oxygens (including phenoxy) is 2. The quantitative estimate of drug-likeness (QED) is 0.448. The van der Waals surface area contributed by atoms with Gasteiger partial charge in [-0.2, -0.15) is 0 Å². The molecule has 0 saturated carbocycles. The first-order valence-corrected chi connectivity index (χ1v) is 11.7. The van der Waals surface area contributed by atoms with Crippen LogP contribution >= 0.6 is 11.6 Å². The summed E-state index contributed by atoms with van der Waals surface area (Å²) in [6, 6.07) is 9.45. The van der Waals surface area contributed by atoms with Gasteiger partial charge < -0.3 is 24.7 Å². The van der Waals surface area contributed by atoms with Gasteiger partial charge >= 0.3 is 5.97 Å². The number of carbonyl (C=O) groups excluding carboxylic acids is 1. The van der Waals surface area contributed by atoms with Gasteiger partial charge in [0.05, 0.1) is 19.4 Å². The Bertz CT molecular complexity index is 1190. The Kier molecular flexibility index (Phi) is 7.85. The van der Waals surface area contributed by atoms with Crippen molar-refractivity contribution >= 4 is 23.5 Å². The normalized spacial score (nSPS) is 17.9. The van der Waals surface area contributed by atoms with E-state index >= 15 is 0 Å². The molecule has 1 fully saturated rings. The molecule has 1 aromatic heterocycles. The van der Waals surface area contributed by atoms with E-state index in [0.717, 1.165) is 27.8 Å². The molecule has 3 aromatic rings. The summed E-state index contributed by atoms with van der Waals surface area (Å²) >= 11 is 6.00. The van der Waals surface area contributed by atoms with Crippen molar-refractivity contribution in [1.82, 2.24) is 4.98 Å². The van der Waals surface area contributed by atoms with Gasteiger partial charge in [0.15, 0.2) is 0 Å². The molecule has 4 rings (SSSR count). The average molecular weight is 499 g/mol. The highest BCUT2D eigenvalue weighted by Crippen LogP contribution is 2.36. The van der Waals surface area contributed by atoms with Crippen molar-refractivity contribution in [3.63, 3.8) is 0 Å². The van der Waals surface area contributed by atoms with Gasteiger partial charge in [-0.15, -0.1) is 0 Å². The van der Waals surface area contributed by atoms with Gasteiger partial charge in [-0.25, -0.2) is 4.98 Å². The van der Waals surface area contributed by atoms with Crippen LogP contribution in [0.15, 0.2) is 47.2 Å². The SMILES string of the molecule is Cc1c(CCC(=O)O)cc(CCc2ccc(Cl)cc2)c(C(N)=O)c1C1COC(c2ncco2)OC1. The number of aryl methyl sites for hydroxylation is 3. The van der Waals surface area contributed by atoms with Gasteiger partial charge in [0.2, 0.25) is 12.2 Å². The van der Waals surface area contributed by atoms with Crippen molar-refractivity contribution in [3.8, 4) is 0 Å². The Balaban J connectivity index is 1.67. The van der Waals surface area contributed by atoms with Crippen LogP contribution in [0.3, 0.4) is 0 Å². The molecule has 3 N–H and O–H groups in total. The summed E-state index contributed by atoms with van der Waals surface area (Å²) in [6.07, 6.45) is 3.79. The van der Waals surface area contributed by atoms with E-state index < -0.39 is 18.2 Å². The maximum atomic E-state index is 12.7. The van der Waals surface area contributed by atoms with Crippen LogP contribution in [0.4, 0.5) is 0 Å². The third kappa shape index (κ3) is 5.90. The first-order valence-electron chi connectivity index (χ1n) is 11.4. The molecule has 1 amide bonds. The number of benzene rings is 2. The van der Waals surface area contributed by atoms with Crippen LogP contribution < -0.4 is 5.73 Å². The van der Waals surface area contributed by atoms with E-state index in [4.69, 9.17) is 31.2 Å². The Labute approximate surface area is 208 Å². The lowest BCUT2D eigenvalue weighted by atomic mass is 9.82. The minimum atomic E-state index is -0.884. The Morgan fingerprint density at radius 2 is 1.83 bits per heavy atom. The van der Waals surface area contributed by atoms with Gasteiger partial charge in [0, 0.05) is 22.9 Å². The summed E-state index contributed by atoms with van der Waals surface area (Å²) in [5.74, 6) is -1.35. The summed E-state index contributed by atoms with van der Waals surface area (Å²) < 4.78 is 17.0. The van der Waals surface area contributed by atoms with E-state index in [1.165, 1.54) is 12.5 Å². The number of aliphatic carboxylic acids is 1. The number of hydrogen-bond donors (Lipinski definition) is 2. The van der Waals surface area contributed by atoms with E-state index in [1.54, 1.807) is 0 Å². The van der Waals surface area contributed by atoms with Crippen molar-refractivity contribution in [1.29, 1.82) is 0 Å². The first kappa shape index (κ1) is 24.9. The summed E-state index contributed by atoms with van der Waals surface area (Å²) in [7, 11) is 0. The highest BCUT2D eigenvalue weighted by atomic mass is 35.5. The third-order valence-corrected chi connectivity index (χ3v) is 6.49. The molecule has 1 aliphatic heterocycles. The Morgan fingerprint density at radius 3 is 2.43 bits per heavy atom. The summed E-state index contributed by atoms with van der Waals surface area (Å²) in [4.78, 5) is 28.1. The molecule has 0 bridgehead atoms. The molecule has 1 saturated heterocycles. The van der Waals surface area contributed by atoms with E-state index in [-0.39, 0.29) is 25.6 Å². The highest BCUT2D eigenvalue weighted by molar-refractivity contribution is 6.30. The Hall–Kier alpha value is -3.20. The smallest absolute Gasteiger partial charge is 0.303 e. The van der Waals surface area contributed by atoms with Crippen molar-refractivity contribution in [2.45, 2.75) is 44.8 Å². The number of carboxylic acid groups (broad SMARTS) is 1. The lowest BCUT2D eigenvalue weighted by Crippen LogP contribution is -2.30. The molecule has 0 unspecified atom stereocenters. The second-order valence-electron chi connectivity index (χ2n) is 8.56. The molecule has 8 nitrogen and oxygen atoms in total. The molecule has 184 valence electrons. The molecule has 0 atom stereocenters. The van der Waals surface area contributed by atoms with Crippen LogP contribution in [-0.4, -0.2) is 35.2 Å². The molecule has 0 radical (unpaired) electrons. The summed E-state index contributed by atoms with van der Waals surface area (Å²) in [5.41, 5.74) is 10.6. The average Bonchev–Trinajstić information content (AvgIpc) is 3.38. The molecule has 0 aliphatic carbocycles. The zero-order valence-corrected chi connectivity index (χ0v) is 20.1. The number of amides is 1. The van der Waals surface area contributed by atoms with E-state index in [0.29, 0.717) is 35.7 Å². The lowest BCUT2D eigenvalue weighted by Gasteiger charge is -2.31. The minimum absolute atomic E-state index is 0.0171. The van der Waals surface area contributed by atoms with Gasteiger partial charge in [-0.3, -0.25) is 9.59 Å². The van der Waals surface area contributed by atoms with Gasteiger partial charge in [-0.05, 0) is 66.1 Å². The monoisotopic (exact) mass is 498 g/mol. The fourth-order valence-corrected chi connectivity index (χ4v) is 4.64. The van der Waals surface area contributed by atoms with Crippen LogP contribution in [-0.2, 0) is 33.5 Å². The minimum Gasteiger partial charge on any atom is -0.481 e. The van der Waals surface area contributed by atoms with Gasteiger partial charge in [-0.1, -0.05) is 29.8 Å². The highest BCUT2D eigenvalue weighted by Gasteiger charge is 2.32. The number of carbonyl (C=O) groups is 2. The van der Waals surface area contributed by atoms with E-state index in [1.807, 2.05) is 37.3 Å². The largest absolute Gasteiger partial charge is 0.481 e. The second-order valence-corrected chi connectivity index (χ2v) is 9.00. The van der Waals surface area contributed by atoms with E-state index in [9.17, 15) is 14.7 Å². The number of hydrogen-bond acceptors (Lipinski definition) is 6. The van der Waals surface area contributed by atoms with Crippen molar-refractivity contribution in [2.24, 2.45) is 5.73 Å². The third-order valence-electron chi connectivity index (χ3n) is 6.23. The molecular formula is C26H27ClN2O6. The Morgan fingerprint density at radius 1 is 1.11 bits per heavy atom. The molecule has 35 heavy (non-hydrogen) atoms. The number of halogens is 1. The maximum Gasteiger partial charge on any atom is 0.303 e. The molecular weight excluding hydrogens is 472 g/mol. The van der Waals surface area contributed by atoms with Crippen molar-refractivity contribution in [2.75, 3.05) is 13.2 Å². The predicted octanol–water partition coefficient (Wildman–Crippen LogP) is 4.37. The molecule has 9 heteroatoms. The zero-order chi connectivity index (χ0) is 24.9. The number of oxazole rings is 1. The molecule has 0 spiro atoms. The molecule has 2 aromatic carbocycles. The second kappa shape index (κ2) is 11.0. The van der Waals surface area contributed by atoms with Crippen molar-refractivity contribution in [3.05, 3.63) is 87.1 Å². The van der Waals surface area contributed by atoms with Crippen LogP contribution in [0.5, 0.6) is 0 Å². The van der Waals surface area contributed by atoms with E-state index in [2.05, 4.69) is 4.98 Å². The number of aromatic nitrogens is 1. The van der Waals surface area contributed by atoms with Crippen LogP contribution in [0, 0.1) is 6.92 Å². The topological polar surface area (TPSA) is 125 Å². The number of primary amides is 1. The van der Waals surface area contributed by atoms with Gasteiger partial charge in [0.25, 0.3) is 5.89 Å². The number of rotatable bonds is 9. The fraction of sp³-hybridized carbons (Fsp3) is 0.346. The summed E-state index contributed by atoms with van der Waals surface area (Å²) in [6.45, 7) is 2.43. The summed E-state index contributed by atoms with van der Waals surface area (Å²) in [5, 5.41) is 9.90. The van der Waals surface area contributed by atoms with Crippen molar-refractivity contribution < 1.29 is 28.6 Å². The molecule has 1 aliphatic rings. The van der Waals surface area contributed by atoms with Gasteiger partial charge in [0.1, 0.15) is 6.26 Å². The maximum absolute atomic E-state index is 12.7. The van der Waals surface area contributed by atoms with Crippen LogP contribution in [0.1, 0.15) is 62.7 Å². The zero-order valence-electron chi connectivity index (χ0n) is 19.3. The van der Waals surface area contributed by atoms with Crippen LogP contribution in [0.2, 0.25) is 5.02 Å². The number of nitrogens with two attached hydrogens (primary N) is 1. The standard InChI is InChI=1S/C26H27ClN2O6/c1-15-17(6-9-21(30)31)12-18(5-2-16-3-7-20(27)8-4-16)23(24(28)32)22(15)19-13-34-26(35-14-19)25-29-10-11-33-25/h3-4,7-8,10-12,19,26H,2,5-6,9,13-14H2,1H3,(H2,28,32)(H,30,31). The fourth-order valence-electron chi connectivity index (χ4n) is 4.52. The number of nitrogens with zero attached hydrogens (tertiary/aromatic N) is 1.